The van der Waals surface area contributed by atoms with E-state index in [2.05, 4.69) is 5.32 Å². The van der Waals surface area contributed by atoms with E-state index in [1.54, 1.807) is 0 Å². The Bertz CT molecular complexity index is 201. The van der Waals surface area contributed by atoms with Crippen molar-refractivity contribution in [1.29, 1.82) is 0 Å². The fourth-order valence-electron chi connectivity index (χ4n) is 1.64. The van der Waals surface area contributed by atoms with Crippen molar-refractivity contribution in [3.63, 3.8) is 0 Å². The number of amides is 1. The fraction of sp³-hybridized carbons (Fsp3) is 0.889. The monoisotopic (exact) mass is 217 g/mol. The summed E-state index contributed by atoms with van der Waals surface area (Å²) < 4.78 is 5.15. The second kappa shape index (κ2) is 6.73. The first-order valence-corrected chi connectivity index (χ1v) is 5.18. The minimum Gasteiger partial charge on any atom is -0.394 e. The number of nitrogens with two attached hydrogens (primary N) is 1. The Labute approximate surface area is 89.4 Å². The molecule has 15 heavy (non-hydrogen) atoms. The molecule has 0 saturated carbocycles. The number of rotatable bonds is 6. The van der Waals surface area contributed by atoms with Crippen LogP contribution >= 0.6 is 0 Å². The van der Waals surface area contributed by atoms with Gasteiger partial charge in [-0.05, 0) is 0 Å². The van der Waals surface area contributed by atoms with Gasteiger partial charge in [0.2, 0.25) is 5.91 Å². The average molecular weight is 217 g/mol. The number of carbonyl (C=O) groups is 1. The molecule has 1 amide bonds. The maximum Gasteiger partial charge on any atom is 0.236 e. The van der Waals surface area contributed by atoms with Gasteiger partial charge < -0.3 is 20.9 Å². The third-order valence-electron chi connectivity index (χ3n) is 2.44. The lowest BCUT2D eigenvalue weighted by atomic mass is 10.2. The minimum atomic E-state index is -0.302. The molecule has 1 aliphatic heterocycles. The molecule has 88 valence electrons. The maximum absolute atomic E-state index is 11.1. The highest BCUT2D eigenvalue weighted by Crippen LogP contribution is 2.02. The summed E-state index contributed by atoms with van der Waals surface area (Å²) in [6, 6.07) is -0.239. The molecule has 1 heterocycles. The maximum atomic E-state index is 11.1. The molecular weight excluding hydrogens is 198 g/mol. The molecule has 0 radical (unpaired) electrons. The average Bonchev–Trinajstić information content (AvgIpc) is 2.25. The number of nitrogens with zero attached hydrogens (tertiary/aromatic N) is 1. The van der Waals surface area contributed by atoms with Gasteiger partial charge in [-0.25, -0.2) is 0 Å². The van der Waals surface area contributed by atoms with Gasteiger partial charge in [0.25, 0.3) is 0 Å². The Morgan fingerprint density at radius 1 is 1.60 bits per heavy atom. The number of aliphatic hydroxyl groups excluding tert-OH is 1. The summed E-state index contributed by atoms with van der Waals surface area (Å²) in [5, 5.41) is 11.6. The quantitative estimate of drug-likeness (QED) is 0.438. The molecule has 1 atom stereocenters. The van der Waals surface area contributed by atoms with Crippen molar-refractivity contribution in [2.45, 2.75) is 6.04 Å². The van der Waals surface area contributed by atoms with Gasteiger partial charge in [-0.1, -0.05) is 0 Å². The molecule has 1 saturated heterocycles. The molecule has 0 aromatic heterocycles. The van der Waals surface area contributed by atoms with E-state index in [0.717, 1.165) is 13.1 Å². The number of nitrogens with one attached hydrogen (secondary N) is 1. The molecule has 0 aromatic carbocycles. The minimum absolute atomic E-state index is 0.0286. The van der Waals surface area contributed by atoms with Crippen LogP contribution in [0.3, 0.4) is 0 Å². The van der Waals surface area contributed by atoms with E-state index in [1.165, 1.54) is 0 Å². The van der Waals surface area contributed by atoms with Gasteiger partial charge in [0.1, 0.15) is 6.04 Å². The number of ether oxygens (including phenoxy) is 1. The van der Waals surface area contributed by atoms with Crippen LogP contribution in [-0.2, 0) is 9.53 Å². The third-order valence-corrected chi connectivity index (χ3v) is 2.44. The van der Waals surface area contributed by atoms with Crippen molar-refractivity contribution in [3.05, 3.63) is 0 Å². The van der Waals surface area contributed by atoms with Crippen LogP contribution in [0.25, 0.3) is 0 Å². The molecule has 0 aromatic rings. The third kappa shape index (κ3) is 4.13. The van der Waals surface area contributed by atoms with E-state index in [1.807, 2.05) is 4.90 Å². The summed E-state index contributed by atoms with van der Waals surface area (Å²) in [4.78, 5) is 13.1. The number of hydrogen-bond donors (Lipinski definition) is 3. The van der Waals surface area contributed by atoms with Crippen molar-refractivity contribution < 1.29 is 14.6 Å². The Balaban J connectivity index is 2.26. The van der Waals surface area contributed by atoms with Gasteiger partial charge in [-0.2, -0.15) is 0 Å². The first-order chi connectivity index (χ1) is 7.25. The standard InChI is InChI=1S/C9H19N3O3/c10-9(14)8-7-11-1-2-12(8)3-5-15-6-4-13/h8,11,13H,1-7H2,(H2,10,14). The first-order valence-electron chi connectivity index (χ1n) is 5.18. The SMILES string of the molecule is NC(=O)C1CNCCN1CCOCCO. The Hall–Kier alpha value is -0.690. The summed E-state index contributed by atoms with van der Waals surface area (Å²) in [5.41, 5.74) is 5.29. The fourth-order valence-corrected chi connectivity index (χ4v) is 1.64. The van der Waals surface area contributed by atoms with Crippen LogP contribution in [0.4, 0.5) is 0 Å². The lowest BCUT2D eigenvalue weighted by molar-refractivity contribution is -0.124. The molecule has 0 spiro atoms. The molecule has 1 fully saturated rings. The normalized spacial score (nSPS) is 22.9. The highest BCUT2D eigenvalue weighted by Gasteiger charge is 2.25. The lowest BCUT2D eigenvalue weighted by Crippen LogP contribution is -2.57. The summed E-state index contributed by atoms with van der Waals surface area (Å²) in [5.74, 6) is -0.302. The summed E-state index contributed by atoms with van der Waals surface area (Å²) in [6.07, 6.45) is 0. The molecule has 6 heteroatoms. The number of carbonyl (C=O) groups excluding carboxylic acids is 1. The molecule has 1 unspecified atom stereocenters. The van der Waals surface area contributed by atoms with Gasteiger partial charge in [-0.15, -0.1) is 0 Å². The molecule has 1 aliphatic rings. The lowest BCUT2D eigenvalue weighted by Gasteiger charge is -2.33. The van der Waals surface area contributed by atoms with Gasteiger partial charge in [-0.3, -0.25) is 9.69 Å². The molecule has 4 N–H and O–H groups in total. The molecule has 0 aliphatic carbocycles. The van der Waals surface area contributed by atoms with Crippen molar-refractivity contribution in [1.82, 2.24) is 10.2 Å². The van der Waals surface area contributed by atoms with E-state index < -0.39 is 0 Å². The highest BCUT2D eigenvalue weighted by atomic mass is 16.5. The zero-order chi connectivity index (χ0) is 11.1. The van der Waals surface area contributed by atoms with Crippen LogP contribution in [0.2, 0.25) is 0 Å². The number of primary amides is 1. The van der Waals surface area contributed by atoms with Crippen molar-refractivity contribution in [2.75, 3.05) is 46.0 Å². The number of aliphatic hydroxyl groups is 1. The van der Waals surface area contributed by atoms with Crippen molar-refractivity contribution in [2.24, 2.45) is 5.73 Å². The van der Waals surface area contributed by atoms with Gasteiger partial charge in [0.15, 0.2) is 0 Å². The van der Waals surface area contributed by atoms with E-state index in [0.29, 0.717) is 26.3 Å². The summed E-state index contributed by atoms with van der Waals surface area (Å²) >= 11 is 0. The summed E-state index contributed by atoms with van der Waals surface area (Å²) in [7, 11) is 0. The molecule has 6 nitrogen and oxygen atoms in total. The van der Waals surface area contributed by atoms with Crippen LogP contribution < -0.4 is 11.1 Å². The second-order valence-corrected chi connectivity index (χ2v) is 3.49. The second-order valence-electron chi connectivity index (χ2n) is 3.49. The van der Waals surface area contributed by atoms with Crippen molar-refractivity contribution in [3.8, 4) is 0 Å². The van der Waals surface area contributed by atoms with Crippen LogP contribution in [0.15, 0.2) is 0 Å². The van der Waals surface area contributed by atoms with Crippen LogP contribution in [-0.4, -0.2) is 68.0 Å². The number of hydrogen-bond acceptors (Lipinski definition) is 5. The predicted octanol–water partition coefficient (Wildman–Crippen LogP) is -2.25. The summed E-state index contributed by atoms with van der Waals surface area (Å²) in [6.45, 7) is 3.84. The van der Waals surface area contributed by atoms with Crippen molar-refractivity contribution >= 4 is 5.91 Å². The zero-order valence-electron chi connectivity index (χ0n) is 8.82. The van der Waals surface area contributed by atoms with Crippen LogP contribution in [0.1, 0.15) is 0 Å². The number of piperazine rings is 1. The van der Waals surface area contributed by atoms with Gasteiger partial charge in [0.05, 0.1) is 19.8 Å². The van der Waals surface area contributed by atoms with E-state index >= 15 is 0 Å². The van der Waals surface area contributed by atoms with E-state index in [9.17, 15) is 4.79 Å². The first kappa shape index (κ1) is 12.4. The topological polar surface area (TPSA) is 87.8 Å². The smallest absolute Gasteiger partial charge is 0.236 e. The van der Waals surface area contributed by atoms with Gasteiger partial charge >= 0.3 is 0 Å². The Kier molecular flexibility index (Phi) is 5.56. The molecular formula is C9H19N3O3. The van der Waals surface area contributed by atoms with Crippen LogP contribution in [0.5, 0.6) is 0 Å². The van der Waals surface area contributed by atoms with E-state index in [4.69, 9.17) is 15.6 Å². The van der Waals surface area contributed by atoms with Gasteiger partial charge in [0, 0.05) is 26.2 Å². The zero-order valence-corrected chi connectivity index (χ0v) is 8.82. The Morgan fingerprint density at radius 3 is 3.07 bits per heavy atom. The highest BCUT2D eigenvalue weighted by molar-refractivity contribution is 5.80. The molecule has 1 rings (SSSR count). The van der Waals surface area contributed by atoms with E-state index in [-0.39, 0.29) is 18.6 Å². The Morgan fingerprint density at radius 2 is 2.40 bits per heavy atom. The largest absolute Gasteiger partial charge is 0.394 e. The predicted molar refractivity (Wildman–Crippen MR) is 55.3 cm³/mol. The molecule has 0 bridgehead atoms. The van der Waals surface area contributed by atoms with Crippen LogP contribution in [0, 0.1) is 0 Å².